The van der Waals surface area contributed by atoms with E-state index in [2.05, 4.69) is 16.4 Å². The van der Waals surface area contributed by atoms with Crippen LogP contribution in [0.15, 0.2) is 65.1 Å². The fourth-order valence-corrected chi connectivity index (χ4v) is 3.47. The van der Waals surface area contributed by atoms with Crippen LogP contribution in [0.3, 0.4) is 0 Å². The van der Waals surface area contributed by atoms with Crippen molar-refractivity contribution in [1.29, 1.82) is 0 Å². The maximum absolute atomic E-state index is 12.1. The van der Waals surface area contributed by atoms with Crippen LogP contribution in [0.4, 0.5) is 5.69 Å². The van der Waals surface area contributed by atoms with Gasteiger partial charge in [0.25, 0.3) is 5.91 Å². The summed E-state index contributed by atoms with van der Waals surface area (Å²) in [7, 11) is 0. The lowest BCUT2D eigenvalue weighted by atomic mass is 10.1. The lowest BCUT2D eigenvalue weighted by molar-refractivity contribution is -0.118. The Bertz CT molecular complexity index is 1200. The highest BCUT2D eigenvalue weighted by Crippen LogP contribution is 2.24. The quantitative estimate of drug-likeness (QED) is 0.434. The van der Waals surface area contributed by atoms with E-state index in [1.54, 1.807) is 24.3 Å². The van der Waals surface area contributed by atoms with Crippen molar-refractivity contribution >= 4 is 34.3 Å². The van der Waals surface area contributed by atoms with Crippen molar-refractivity contribution in [3.8, 4) is 5.75 Å². The Hall–Kier alpha value is -3.31. The number of carbonyl (C=O) groups excluding carboxylic acids is 1. The van der Waals surface area contributed by atoms with Gasteiger partial charge in [-0.3, -0.25) is 4.79 Å². The number of ether oxygens (including phenoxy) is 1. The van der Waals surface area contributed by atoms with E-state index in [-0.39, 0.29) is 12.5 Å². The molecule has 0 bridgehead atoms. The van der Waals surface area contributed by atoms with Crippen molar-refractivity contribution in [2.24, 2.45) is 0 Å². The van der Waals surface area contributed by atoms with E-state index in [9.17, 15) is 4.79 Å². The van der Waals surface area contributed by atoms with Crippen molar-refractivity contribution < 1.29 is 13.9 Å². The Morgan fingerprint density at radius 3 is 2.63 bits per heavy atom. The van der Waals surface area contributed by atoms with Crippen molar-refractivity contribution in [2.75, 3.05) is 11.9 Å². The molecule has 0 saturated carbocycles. The number of nitrogens with one attached hydrogen (secondary N) is 1. The van der Waals surface area contributed by atoms with E-state index in [0.717, 1.165) is 22.2 Å². The molecule has 1 N–H and O–H groups in total. The molecule has 0 fully saturated rings. The summed E-state index contributed by atoms with van der Waals surface area (Å²) in [5.74, 6) is 0.893. The molecule has 6 heteroatoms. The third-order valence-electron chi connectivity index (χ3n) is 4.65. The van der Waals surface area contributed by atoms with Crippen LogP contribution in [0.2, 0.25) is 5.02 Å². The number of halogens is 1. The number of carbonyl (C=O) groups is 1. The van der Waals surface area contributed by atoms with Crippen molar-refractivity contribution in [2.45, 2.75) is 20.3 Å². The first-order valence-corrected chi connectivity index (χ1v) is 9.98. The van der Waals surface area contributed by atoms with Gasteiger partial charge < -0.3 is 14.5 Å². The summed E-state index contributed by atoms with van der Waals surface area (Å²) in [5, 5.41) is 3.28. The molecule has 0 aliphatic carbocycles. The van der Waals surface area contributed by atoms with Gasteiger partial charge in [0.2, 0.25) is 0 Å². The predicted molar refractivity (Wildman–Crippen MR) is 118 cm³/mol. The number of rotatable bonds is 6. The largest absolute Gasteiger partial charge is 0.482 e. The SMILES string of the molecule is Cc1cc(C)c2oc(Cc3ccc(NC(=O)COc4ccccc4Cl)cc3)nc2c1. The zero-order valence-corrected chi connectivity index (χ0v) is 17.5. The van der Waals surface area contributed by atoms with Crippen LogP contribution in [0, 0.1) is 13.8 Å². The second kappa shape index (κ2) is 8.59. The van der Waals surface area contributed by atoms with Gasteiger partial charge in [-0.25, -0.2) is 4.98 Å². The summed E-state index contributed by atoms with van der Waals surface area (Å²) >= 11 is 6.02. The molecule has 0 atom stereocenters. The minimum atomic E-state index is -0.257. The zero-order chi connectivity index (χ0) is 21.1. The maximum atomic E-state index is 12.1. The summed E-state index contributed by atoms with van der Waals surface area (Å²) in [6.45, 7) is 3.96. The van der Waals surface area contributed by atoms with Gasteiger partial charge >= 0.3 is 0 Å². The number of nitrogens with zero attached hydrogens (tertiary/aromatic N) is 1. The molecule has 0 unspecified atom stereocenters. The second-order valence-corrected chi connectivity index (χ2v) is 7.59. The molecule has 0 spiro atoms. The average molecular weight is 421 g/mol. The average Bonchev–Trinajstić information content (AvgIpc) is 3.11. The number of amides is 1. The summed E-state index contributed by atoms with van der Waals surface area (Å²) in [6, 6.07) is 18.7. The topological polar surface area (TPSA) is 64.4 Å². The van der Waals surface area contributed by atoms with Crippen LogP contribution in [0.1, 0.15) is 22.6 Å². The van der Waals surface area contributed by atoms with Gasteiger partial charge in [0.15, 0.2) is 18.1 Å². The summed E-state index contributed by atoms with van der Waals surface area (Å²) in [4.78, 5) is 16.7. The molecule has 1 aromatic heterocycles. The highest BCUT2D eigenvalue weighted by Gasteiger charge is 2.10. The smallest absolute Gasteiger partial charge is 0.262 e. The monoisotopic (exact) mass is 420 g/mol. The fourth-order valence-electron chi connectivity index (χ4n) is 3.28. The number of fused-ring (bicyclic) bond motifs is 1. The molecule has 1 heterocycles. The number of hydrogen-bond acceptors (Lipinski definition) is 4. The molecule has 0 radical (unpaired) electrons. The first-order chi connectivity index (χ1) is 14.5. The number of aromatic nitrogens is 1. The normalized spacial score (nSPS) is 10.9. The standard InChI is InChI=1S/C24H21ClN2O3/c1-15-11-16(2)24-20(12-15)27-23(30-24)13-17-7-9-18(10-8-17)26-22(28)14-29-21-6-4-3-5-19(21)25/h3-12H,13-14H2,1-2H3,(H,26,28). The maximum Gasteiger partial charge on any atom is 0.262 e. The Balaban J connectivity index is 1.36. The first kappa shape index (κ1) is 20.0. The van der Waals surface area contributed by atoms with Crippen LogP contribution < -0.4 is 10.1 Å². The summed E-state index contributed by atoms with van der Waals surface area (Å²) in [6.07, 6.45) is 0.580. The van der Waals surface area contributed by atoms with Gasteiger partial charge in [0.1, 0.15) is 11.3 Å². The van der Waals surface area contributed by atoms with E-state index in [4.69, 9.17) is 20.8 Å². The fraction of sp³-hybridized carbons (Fsp3) is 0.167. The molecule has 3 aromatic carbocycles. The van der Waals surface area contributed by atoms with E-state index in [1.807, 2.05) is 44.2 Å². The Labute approximate surface area is 179 Å². The molecule has 152 valence electrons. The van der Waals surface area contributed by atoms with E-state index >= 15 is 0 Å². The highest BCUT2D eigenvalue weighted by atomic mass is 35.5. The Morgan fingerprint density at radius 2 is 1.87 bits per heavy atom. The van der Waals surface area contributed by atoms with Crippen LogP contribution in [0.25, 0.3) is 11.1 Å². The van der Waals surface area contributed by atoms with E-state index in [0.29, 0.717) is 28.8 Å². The van der Waals surface area contributed by atoms with Crippen LogP contribution in [0.5, 0.6) is 5.75 Å². The molecule has 0 aliphatic heterocycles. The molecule has 4 aromatic rings. The molecule has 5 nitrogen and oxygen atoms in total. The van der Waals surface area contributed by atoms with Gasteiger partial charge in [-0.2, -0.15) is 0 Å². The third kappa shape index (κ3) is 4.63. The number of para-hydroxylation sites is 1. The second-order valence-electron chi connectivity index (χ2n) is 7.18. The van der Waals surface area contributed by atoms with E-state index < -0.39 is 0 Å². The lowest BCUT2D eigenvalue weighted by Crippen LogP contribution is -2.20. The van der Waals surface area contributed by atoms with Crippen molar-refractivity contribution in [1.82, 2.24) is 4.98 Å². The Kier molecular flexibility index (Phi) is 5.72. The molecule has 1 amide bonds. The predicted octanol–water partition coefficient (Wildman–Crippen LogP) is 5.71. The summed E-state index contributed by atoms with van der Waals surface area (Å²) in [5.41, 5.74) is 5.69. The number of aryl methyl sites for hydroxylation is 2. The van der Waals surface area contributed by atoms with Crippen molar-refractivity contribution in [3.05, 3.63) is 88.3 Å². The van der Waals surface area contributed by atoms with Gasteiger partial charge in [-0.15, -0.1) is 0 Å². The minimum absolute atomic E-state index is 0.118. The number of benzene rings is 3. The molecular weight excluding hydrogens is 400 g/mol. The zero-order valence-electron chi connectivity index (χ0n) is 16.7. The van der Waals surface area contributed by atoms with Gasteiger partial charge in [0.05, 0.1) is 5.02 Å². The molecule has 0 saturated heterocycles. The minimum Gasteiger partial charge on any atom is -0.482 e. The van der Waals surface area contributed by atoms with Crippen molar-refractivity contribution in [3.63, 3.8) is 0 Å². The highest BCUT2D eigenvalue weighted by molar-refractivity contribution is 6.32. The first-order valence-electron chi connectivity index (χ1n) is 9.61. The van der Waals surface area contributed by atoms with Crippen LogP contribution >= 0.6 is 11.6 Å². The van der Waals surface area contributed by atoms with Gasteiger partial charge in [-0.05, 0) is 60.9 Å². The lowest BCUT2D eigenvalue weighted by Gasteiger charge is -2.09. The molecule has 0 aliphatic rings. The van der Waals surface area contributed by atoms with Crippen LogP contribution in [-0.2, 0) is 11.2 Å². The third-order valence-corrected chi connectivity index (χ3v) is 4.97. The number of hydrogen-bond donors (Lipinski definition) is 1. The van der Waals surface area contributed by atoms with Gasteiger partial charge in [-0.1, -0.05) is 41.9 Å². The molecule has 4 rings (SSSR count). The number of anilines is 1. The van der Waals surface area contributed by atoms with Gasteiger partial charge in [0, 0.05) is 12.1 Å². The molecule has 30 heavy (non-hydrogen) atoms. The van der Waals surface area contributed by atoms with E-state index in [1.165, 1.54) is 5.56 Å². The number of oxazole rings is 1. The summed E-state index contributed by atoms with van der Waals surface area (Å²) < 4.78 is 11.4. The molecular formula is C24H21ClN2O3. The Morgan fingerprint density at radius 1 is 1.10 bits per heavy atom. The van der Waals surface area contributed by atoms with Crippen LogP contribution in [-0.4, -0.2) is 17.5 Å².